The molecule has 92 valence electrons. The summed E-state index contributed by atoms with van der Waals surface area (Å²) in [6.07, 6.45) is 8.79. The van der Waals surface area contributed by atoms with Crippen LogP contribution in [0.4, 0.5) is 0 Å². The largest absolute Gasteiger partial charge is 0.463 e. The topological polar surface area (TPSA) is 26.3 Å². The van der Waals surface area contributed by atoms with Gasteiger partial charge in [-0.25, -0.2) is 4.79 Å². The maximum Gasteiger partial charge on any atom is 0.330 e. The van der Waals surface area contributed by atoms with Crippen LogP contribution in [0, 0.1) is 5.92 Å². The molecule has 0 spiro atoms. The third-order valence-electron chi connectivity index (χ3n) is 2.25. The van der Waals surface area contributed by atoms with Crippen LogP contribution in [0.2, 0.25) is 0 Å². The van der Waals surface area contributed by atoms with Crippen molar-refractivity contribution in [2.24, 2.45) is 5.92 Å². The standard InChI is InChI=1S/C14H24O2/c1-5-16-14(15)11-7-10-13(4)9-6-8-12(2)3/h7,10-12H,5-6,8-9H2,1-4H3/b11-7+,13-10+. The van der Waals surface area contributed by atoms with Gasteiger partial charge < -0.3 is 4.74 Å². The van der Waals surface area contributed by atoms with Crippen LogP contribution in [0.15, 0.2) is 23.8 Å². The Bertz CT molecular complexity index is 249. The Morgan fingerprint density at radius 2 is 2.06 bits per heavy atom. The first kappa shape index (κ1) is 14.9. The Labute approximate surface area is 99.4 Å². The molecule has 16 heavy (non-hydrogen) atoms. The molecule has 0 aliphatic rings. The number of hydrogen-bond donors (Lipinski definition) is 0. The average Bonchev–Trinajstić information content (AvgIpc) is 2.17. The summed E-state index contributed by atoms with van der Waals surface area (Å²) in [6, 6.07) is 0. The lowest BCUT2D eigenvalue weighted by Gasteiger charge is -2.03. The Morgan fingerprint density at radius 1 is 1.38 bits per heavy atom. The number of ether oxygens (including phenoxy) is 1. The highest BCUT2D eigenvalue weighted by molar-refractivity contribution is 5.82. The predicted octanol–water partition coefficient (Wildman–Crippen LogP) is 3.88. The van der Waals surface area contributed by atoms with E-state index in [9.17, 15) is 4.79 Å². The number of allylic oxidation sites excluding steroid dienone is 3. The molecule has 0 atom stereocenters. The highest BCUT2D eigenvalue weighted by Gasteiger charge is 1.95. The van der Waals surface area contributed by atoms with Crippen molar-refractivity contribution in [1.82, 2.24) is 0 Å². The van der Waals surface area contributed by atoms with Gasteiger partial charge in [0.05, 0.1) is 6.61 Å². The van der Waals surface area contributed by atoms with Crippen LogP contribution < -0.4 is 0 Å². The molecule has 0 unspecified atom stereocenters. The summed E-state index contributed by atoms with van der Waals surface area (Å²) in [7, 11) is 0. The van der Waals surface area contributed by atoms with Crippen molar-refractivity contribution in [3.8, 4) is 0 Å². The van der Waals surface area contributed by atoms with Crippen LogP contribution >= 0.6 is 0 Å². The minimum Gasteiger partial charge on any atom is -0.463 e. The second-order valence-electron chi connectivity index (χ2n) is 4.41. The van der Waals surface area contributed by atoms with Crippen LogP contribution in [0.25, 0.3) is 0 Å². The summed E-state index contributed by atoms with van der Waals surface area (Å²) in [5.74, 6) is 0.497. The number of esters is 1. The van der Waals surface area contributed by atoms with Gasteiger partial charge >= 0.3 is 5.97 Å². The van der Waals surface area contributed by atoms with Crippen molar-refractivity contribution < 1.29 is 9.53 Å². The Morgan fingerprint density at radius 3 is 2.62 bits per heavy atom. The highest BCUT2D eigenvalue weighted by Crippen LogP contribution is 2.11. The van der Waals surface area contributed by atoms with Crippen molar-refractivity contribution in [2.45, 2.75) is 47.0 Å². The summed E-state index contributed by atoms with van der Waals surface area (Å²) < 4.78 is 4.78. The van der Waals surface area contributed by atoms with E-state index in [1.807, 2.05) is 6.08 Å². The first-order chi connectivity index (χ1) is 7.56. The van der Waals surface area contributed by atoms with Crippen LogP contribution in [0.3, 0.4) is 0 Å². The molecule has 0 bridgehead atoms. The lowest BCUT2D eigenvalue weighted by Crippen LogP contribution is -1.98. The van der Waals surface area contributed by atoms with Gasteiger partial charge in [-0.05, 0) is 32.6 Å². The summed E-state index contributed by atoms with van der Waals surface area (Å²) in [5.41, 5.74) is 1.31. The lowest BCUT2D eigenvalue weighted by molar-refractivity contribution is -0.137. The molecule has 0 N–H and O–H groups in total. The molecule has 0 fully saturated rings. The van der Waals surface area contributed by atoms with Gasteiger partial charge in [0.25, 0.3) is 0 Å². The molecule has 0 aromatic heterocycles. The fraction of sp³-hybridized carbons (Fsp3) is 0.643. The summed E-state index contributed by atoms with van der Waals surface area (Å²) in [5, 5.41) is 0. The molecule has 0 radical (unpaired) electrons. The number of carbonyl (C=O) groups excluding carboxylic acids is 1. The first-order valence-electron chi connectivity index (χ1n) is 6.06. The second-order valence-corrected chi connectivity index (χ2v) is 4.41. The monoisotopic (exact) mass is 224 g/mol. The van der Waals surface area contributed by atoms with E-state index in [1.165, 1.54) is 24.5 Å². The zero-order chi connectivity index (χ0) is 12.4. The number of hydrogen-bond acceptors (Lipinski definition) is 2. The van der Waals surface area contributed by atoms with Crippen molar-refractivity contribution >= 4 is 5.97 Å². The molecule has 0 saturated carbocycles. The normalized spacial score (nSPS) is 12.4. The molecule has 0 aliphatic carbocycles. The Kier molecular flexibility index (Phi) is 8.59. The zero-order valence-electron chi connectivity index (χ0n) is 11.0. The minimum absolute atomic E-state index is 0.270. The van der Waals surface area contributed by atoms with E-state index in [-0.39, 0.29) is 5.97 Å². The lowest BCUT2D eigenvalue weighted by atomic mass is 10.0. The number of rotatable bonds is 7. The maximum atomic E-state index is 11.0. The second kappa shape index (κ2) is 9.20. The SMILES string of the molecule is CCOC(=O)/C=C/C=C(\C)CCCC(C)C. The third kappa shape index (κ3) is 9.50. The summed E-state index contributed by atoms with van der Waals surface area (Å²) in [4.78, 5) is 11.0. The fourth-order valence-corrected chi connectivity index (χ4v) is 1.35. The molecule has 0 heterocycles. The molecule has 0 amide bonds. The molecular formula is C14H24O2. The van der Waals surface area contributed by atoms with E-state index < -0.39 is 0 Å². The van der Waals surface area contributed by atoms with Crippen molar-refractivity contribution in [3.05, 3.63) is 23.8 Å². The van der Waals surface area contributed by atoms with E-state index in [2.05, 4.69) is 20.8 Å². The first-order valence-corrected chi connectivity index (χ1v) is 6.06. The Balaban J connectivity index is 3.81. The van der Waals surface area contributed by atoms with Gasteiger partial charge in [-0.3, -0.25) is 0 Å². The predicted molar refractivity (Wildman–Crippen MR) is 68.2 cm³/mol. The van der Waals surface area contributed by atoms with E-state index in [4.69, 9.17) is 4.74 Å². The van der Waals surface area contributed by atoms with Crippen molar-refractivity contribution in [1.29, 1.82) is 0 Å². The average molecular weight is 224 g/mol. The van der Waals surface area contributed by atoms with Crippen LogP contribution in [0.5, 0.6) is 0 Å². The molecule has 2 heteroatoms. The van der Waals surface area contributed by atoms with Gasteiger partial charge in [-0.2, -0.15) is 0 Å². The molecule has 0 aromatic rings. The van der Waals surface area contributed by atoms with Crippen LogP contribution in [-0.4, -0.2) is 12.6 Å². The zero-order valence-corrected chi connectivity index (χ0v) is 11.0. The smallest absolute Gasteiger partial charge is 0.330 e. The maximum absolute atomic E-state index is 11.0. The van der Waals surface area contributed by atoms with Gasteiger partial charge in [0.15, 0.2) is 0 Å². The molecular weight excluding hydrogens is 200 g/mol. The van der Waals surface area contributed by atoms with E-state index >= 15 is 0 Å². The molecule has 0 rings (SSSR count). The fourth-order valence-electron chi connectivity index (χ4n) is 1.35. The van der Waals surface area contributed by atoms with Crippen molar-refractivity contribution in [3.63, 3.8) is 0 Å². The van der Waals surface area contributed by atoms with E-state index in [0.717, 1.165) is 12.3 Å². The molecule has 0 saturated heterocycles. The summed E-state index contributed by atoms with van der Waals surface area (Å²) in [6.45, 7) is 8.80. The quantitative estimate of drug-likeness (QED) is 0.373. The summed E-state index contributed by atoms with van der Waals surface area (Å²) >= 11 is 0. The van der Waals surface area contributed by atoms with Crippen LogP contribution in [0.1, 0.15) is 47.0 Å². The molecule has 2 nitrogen and oxygen atoms in total. The van der Waals surface area contributed by atoms with Gasteiger partial charge in [0.2, 0.25) is 0 Å². The van der Waals surface area contributed by atoms with Gasteiger partial charge in [0, 0.05) is 6.08 Å². The van der Waals surface area contributed by atoms with Gasteiger partial charge in [-0.1, -0.05) is 38.0 Å². The minimum atomic E-state index is -0.270. The molecule has 0 aliphatic heterocycles. The van der Waals surface area contributed by atoms with Crippen LogP contribution in [-0.2, 0) is 9.53 Å². The Hall–Kier alpha value is -1.05. The third-order valence-corrected chi connectivity index (χ3v) is 2.25. The van der Waals surface area contributed by atoms with E-state index in [1.54, 1.807) is 13.0 Å². The van der Waals surface area contributed by atoms with Crippen molar-refractivity contribution in [2.75, 3.05) is 6.61 Å². The number of carbonyl (C=O) groups is 1. The van der Waals surface area contributed by atoms with Gasteiger partial charge in [-0.15, -0.1) is 0 Å². The highest BCUT2D eigenvalue weighted by atomic mass is 16.5. The van der Waals surface area contributed by atoms with Gasteiger partial charge in [0.1, 0.15) is 0 Å². The molecule has 0 aromatic carbocycles. The van der Waals surface area contributed by atoms with E-state index in [0.29, 0.717) is 6.61 Å².